The van der Waals surface area contributed by atoms with Gasteiger partial charge in [-0.1, -0.05) is 30.3 Å². The summed E-state index contributed by atoms with van der Waals surface area (Å²) in [5, 5.41) is 3.31. The molecule has 0 aliphatic rings. The summed E-state index contributed by atoms with van der Waals surface area (Å²) in [6.45, 7) is 3.79. The van der Waals surface area contributed by atoms with Gasteiger partial charge in [-0.25, -0.2) is 0 Å². The monoisotopic (exact) mass is 315 g/mol. The lowest BCUT2D eigenvalue weighted by atomic mass is 10.2. The SMILES string of the molecule is COCCCNCCOc1ccc(OCc2ccccc2)cc1. The van der Waals surface area contributed by atoms with Crippen LogP contribution in [0.15, 0.2) is 54.6 Å². The lowest BCUT2D eigenvalue weighted by Crippen LogP contribution is -2.22. The molecule has 0 atom stereocenters. The van der Waals surface area contributed by atoms with Crippen molar-refractivity contribution in [3.05, 3.63) is 60.2 Å². The zero-order chi connectivity index (χ0) is 16.2. The van der Waals surface area contributed by atoms with E-state index in [-0.39, 0.29) is 0 Å². The molecule has 0 aromatic heterocycles. The van der Waals surface area contributed by atoms with Crippen molar-refractivity contribution in [1.82, 2.24) is 5.32 Å². The van der Waals surface area contributed by atoms with Gasteiger partial charge in [-0.2, -0.15) is 0 Å². The molecular formula is C19H25NO3. The van der Waals surface area contributed by atoms with Crippen LogP contribution in [0.4, 0.5) is 0 Å². The number of rotatable bonds is 11. The Kier molecular flexibility index (Phi) is 8.02. The summed E-state index contributed by atoms with van der Waals surface area (Å²) in [5.74, 6) is 1.70. The van der Waals surface area contributed by atoms with Crippen molar-refractivity contribution in [1.29, 1.82) is 0 Å². The fourth-order valence-electron chi connectivity index (χ4n) is 2.08. The van der Waals surface area contributed by atoms with Gasteiger partial charge in [0.15, 0.2) is 0 Å². The molecule has 0 saturated carbocycles. The lowest BCUT2D eigenvalue weighted by Gasteiger charge is -2.09. The van der Waals surface area contributed by atoms with Gasteiger partial charge in [0.1, 0.15) is 24.7 Å². The van der Waals surface area contributed by atoms with Crippen LogP contribution in [0, 0.1) is 0 Å². The van der Waals surface area contributed by atoms with Crippen LogP contribution in [-0.4, -0.2) is 33.4 Å². The van der Waals surface area contributed by atoms with E-state index in [2.05, 4.69) is 17.4 Å². The Morgan fingerprint density at radius 2 is 1.48 bits per heavy atom. The topological polar surface area (TPSA) is 39.7 Å². The van der Waals surface area contributed by atoms with Crippen molar-refractivity contribution in [2.24, 2.45) is 0 Å². The van der Waals surface area contributed by atoms with Gasteiger partial charge in [-0.05, 0) is 42.8 Å². The number of hydrogen-bond donors (Lipinski definition) is 1. The van der Waals surface area contributed by atoms with E-state index in [1.165, 1.54) is 0 Å². The molecule has 124 valence electrons. The van der Waals surface area contributed by atoms with Crippen LogP contribution in [0.5, 0.6) is 11.5 Å². The Balaban J connectivity index is 1.62. The molecule has 0 aliphatic carbocycles. The molecular weight excluding hydrogens is 290 g/mol. The van der Waals surface area contributed by atoms with Crippen molar-refractivity contribution < 1.29 is 14.2 Å². The minimum atomic E-state index is 0.576. The highest BCUT2D eigenvalue weighted by Gasteiger charge is 1.98. The first kappa shape index (κ1) is 17.3. The number of methoxy groups -OCH3 is 1. The second kappa shape index (κ2) is 10.6. The van der Waals surface area contributed by atoms with Gasteiger partial charge in [0.05, 0.1) is 0 Å². The standard InChI is InChI=1S/C19H25NO3/c1-21-14-5-12-20-13-15-22-18-8-10-19(11-9-18)23-16-17-6-3-2-4-7-17/h2-4,6-11,20H,5,12-16H2,1H3. The van der Waals surface area contributed by atoms with Crippen LogP contribution < -0.4 is 14.8 Å². The number of nitrogens with one attached hydrogen (secondary N) is 1. The van der Waals surface area contributed by atoms with Crippen LogP contribution in [0.3, 0.4) is 0 Å². The Morgan fingerprint density at radius 1 is 0.783 bits per heavy atom. The smallest absolute Gasteiger partial charge is 0.120 e. The molecule has 0 bridgehead atoms. The molecule has 2 aromatic rings. The van der Waals surface area contributed by atoms with E-state index in [9.17, 15) is 0 Å². The van der Waals surface area contributed by atoms with Crippen LogP contribution in [0.25, 0.3) is 0 Å². The molecule has 0 unspecified atom stereocenters. The second-order valence-corrected chi connectivity index (χ2v) is 5.19. The molecule has 0 saturated heterocycles. The Labute approximate surface area is 138 Å². The van der Waals surface area contributed by atoms with Gasteiger partial charge < -0.3 is 19.5 Å². The molecule has 0 spiro atoms. The highest BCUT2D eigenvalue weighted by Crippen LogP contribution is 2.18. The van der Waals surface area contributed by atoms with E-state index in [0.29, 0.717) is 13.2 Å². The highest BCUT2D eigenvalue weighted by atomic mass is 16.5. The summed E-state index contributed by atoms with van der Waals surface area (Å²) in [5.41, 5.74) is 1.16. The van der Waals surface area contributed by atoms with Gasteiger partial charge in [-0.15, -0.1) is 0 Å². The highest BCUT2D eigenvalue weighted by molar-refractivity contribution is 5.31. The third-order valence-corrected chi connectivity index (χ3v) is 3.32. The Bertz CT molecular complexity index is 528. The van der Waals surface area contributed by atoms with E-state index in [1.807, 2.05) is 42.5 Å². The fourth-order valence-corrected chi connectivity index (χ4v) is 2.08. The summed E-state index contributed by atoms with van der Waals surface area (Å²) in [6.07, 6.45) is 1.02. The fraction of sp³-hybridized carbons (Fsp3) is 0.368. The first-order valence-electron chi connectivity index (χ1n) is 7.98. The van der Waals surface area contributed by atoms with E-state index in [1.54, 1.807) is 7.11 Å². The predicted molar refractivity (Wildman–Crippen MR) is 92.1 cm³/mol. The van der Waals surface area contributed by atoms with Crippen molar-refractivity contribution >= 4 is 0 Å². The maximum absolute atomic E-state index is 5.75. The summed E-state index contributed by atoms with van der Waals surface area (Å²) in [7, 11) is 1.72. The van der Waals surface area contributed by atoms with Gasteiger partial charge in [0.2, 0.25) is 0 Å². The first-order chi connectivity index (χ1) is 11.4. The van der Waals surface area contributed by atoms with Crippen LogP contribution in [-0.2, 0) is 11.3 Å². The van der Waals surface area contributed by atoms with Gasteiger partial charge in [0, 0.05) is 20.3 Å². The number of ether oxygens (including phenoxy) is 3. The first-order valence-corrected chi connectivity index (χ1v) is 7.98. The quantitative estimate of drug-likeness (QED) is 0.646. The molecule has 0 heterocycles. The molecule has 0 radical (unpaired) electrons. The predicted octanol–water partition coefficient (Wildman–Crippen LogP) is 3.27. The normalized spacial score (nSPS) is 10.5. The molecule has 2 rings (SSSR count). The maximum atomic E-state index is 5.75. The molecule has 4 heteroatoms. The third kappa shape index (κ3) is 7.17. The van der Waals surface area contributed by atoms with E-state index >= 15 is 0 Å². The number of benzene rings is 2. The zero-order valence-corrected chi connectivity index (χ0v) is 13.7. The summed E-state index contributed by atoms with van der Waals surface area (Å²) in [4.78, 5) is 0. The second-order valence-electron chi connectivity index (χ2n) is 5.19. The summed E-state index contributed by atoms with van der Waals surface area (Å²) in [6, 6.07) is 17.9. The van der Waals surface area contributed by atoms with Gasteiger partial charge >= 0.3 is 0 Å². The Hall–Kier alpha value is -2.04. The minimum Gasteiger partial charge on any atom is -0.492 e. The lowest BCUT2D eigenvalue weighted by molar-refractivity contribution is 0.193. The van der Waals surface area contributed by atoms with Crippen molar-refractivity contribution in [3.8, 4) is 11.5 Å². The minimum absolute atomic E-state index is 0.576. The Morgan fingerprint density at radius 3 is 2.17 bits per heavy atom. The van der Waals surface area contributed by atoms with Gasteiger partial charge in [0.25, 0.3) is 0 Å². The van der Waals surface area contributed by atoms with E-state index in [4.69, 9.17) is 14.2 Å². The van der Waals surface area contributed by atoms with Crippen molar-refractivity contribution in [2.75, 3.05) is 33.4 Å². The number of hydrogen-bond acceptors (Lipinski definition) is 4. The van der Waals surface area contributed by atoms with Crippen LogP contribution in [0.2, 0.25) is 0 Å². The van der Waals surface area contributed by atoms with E-state index < -0.39 is 0 Å². The maximum Gasteiger partial charge on any atom is 0.120 e. The summed E-state index contributed by atoms with van der Waals surface area (Å²) >= 11 is 0. The molecule has 1 N–H and O–H groups in total. The third-order valence-electron chi connectivity index (χ3n) is 3.32. The zero-order valence-electron chi connectivity index (χ0n) is 13.7. The molecule has 23 heavy (non-hydrogen) atoms. The van der Waals surface area contributed by atoms with Crippen molar-refractivity contribution in [3.63, 3.8) is 0 Å². The van der Waals surface area contributed by atoms with E-state index in [0.717, 1.165) is 43.2 Å². The average Bonchev–Trinajstić information content (AvgIpc) is 2.61. The molecule has 0 amide bonds. The van der Waals surface area contributed by atoms with Crippen LogP contribution >= 0.6 is 0 Å². The molecule has 0 fully saturated rings. The van der Waals surface area contributed by atoms with Crippen LogP contribution in [0.1, 0.15) is 12.0 Å². The molecule has 0 aliphatic heterocycles. The largest absolute Gasteiger partial charge is 0.492 e. The molecule has 2 aromatic carbocycles. The molecule has 4 nitrogen and oxygen atoms in total. The summed E-state index contributed by atoms with van der Waals surface area (Å²) < 4.78 is 16.4. The average molecular weight is 315 g/mol. The van der Waals surface area contributed by atoms with Crippen molar-refractivity contribution in [2.45, 2.75) is 13.0 Å². The van der Waals surface area contributed by atoms with Gasteiger partial charge in [-0.3, -0.25) is 0 Å².